The first-order valence-electron chi connectivity index (χ1n) is 5.50. The highest BCUT2D eigenvalue weighted by molar-refractivity contribution is 9.11. The highest BCUT2D eigenvalue weighted by Crippen LogP contribution is 2.25. The lowest BCUT2D eigenvalue weighted by molar-refractivity contribution is 0.102. The lowest BCUT2D eigenvalue weighted by Gasteiger charge is -2.09. The fraction of sp³-hybridized carbons (Fsp3) is 0.0714. The summed E-state index contributed by atoms with van der Waals surface area (Å²) >= 11 is 6.62. The van der Waals surface area contributed by atoms with Gasteiger partial charge < -0.3 is 5.32 Å². The van der Waals surface area contributed by atoms with E-state index in [2.05, 4.69) is 37.2 Å². The number of hydrogen-bond donors (Lipinski definition) is 1. The number of carbonyl (C=O) groups is 1. The first-order valence-corrected chi connectivity index (χ1v) is 7.08. The molecule has 98 valence electrons. The highest BCUT2D eigenvalue weighted by atomic mass is 79.9. The number of aryl methyl sites for hydroxylation is 1. The summed E-state index contributed by atoms with van der Waals surface area (Å²) in [7, 11) is 0. The minimum Gasteiger partial charge on any atom is -0.321 e. The molecule has 2 nitrogen and oxygen atoms in total. The van der Waals surface area contributed by atoms with Crippen LogP contribution in [0, 0.1) is 12.7 Å². The maximum Gasteiger partial charge on any atom is 0.256 e. The van der Waals surface area contributed by atoms with Gasteiger partial charge in [-0.2, -0.15) is 0 Å². The van der Waals surface area contributed by atoms with Gasteiger partial charge in [0, 0.05) is 8.95 Å². The number of amides is 1. The van der Waals surface area contributed by atoms with Crippen LogP contribution in [0.2, 0.25) is 0 Å². The van der Waals surface area contributed by atoms with Gasteiger partial charge in [-0.05, 0) is 74.7 Å². The lowest BCUT2D eigenvalue weighted by atomic mass is 10.2. The molecule has 2 aromatic carbocycles. The molecule has 0 fully saturated rings. The fourth-order valence-electron chi connectivity index (χ4n) is 1.58. The Labute approximate surface area is 127 Å². The van der Waals surface area contributed by atoms with Crippen LogP contribution in [0.4, 0.5) is 10.1 Å². The van der Waals surface area contributed by atoms with Crippen LogP contribution < -0.4 is 5.32 Å². The van der Waals surface area contributed by atoms with Crippen LogP contribution in [-0.4, -0.2) is 5.91 Å². The summed E-state index contributed by atoms with van der Waals surface area (Å²) < 4.78 is 14.5. The summed E-state index contributed by atoms with van der Waals surface area (Å²) in [5.41, 5.74) is 1.98. The van der Waals surface area contributed by atoms with Crippen molar-refractivity contribution in [3.8, 4) is 0 Å². The van der Waals surface area contributed by atoms with E-state index < -0.39 is 5.82 Å². The molecule has 2 aromatic rings. The van der Waals surface area contributed by atoms with Crippen molar-refractivity contribution in [2.45, 2.75) is 6.92 Å². The number of anilines is 1. The largest absolute Gasteiger partial charge is 0.321 e. The van der Waals surface area contributed by atoms with Gasteiger partial charge in [0.1, 0.15) is 5.82 Å². The fourth-order valence-corrected chi connectivity index (χ4v) is 2.60. The van der Waals surface area contributed by atoms with Crippen LogP contribution in [0.5, 0.6) is 0 Å². The van der Waals surface area contributed by atoms with Gasteiger partial charge in [-0.15, -0.1) is 0 Å². The van der Waals surface area contributed by atoms with E-state index in [1.807, 2.05) is 19.1 Å². The van der Waals surface area contributed by atoms with Crippen LogP contribution in [0.3, 0.4) is 0 Å². The van der Waals surface area contributed by atoms with Gasteiger partial charge in [0.05, 0.1) is 11.3 Å². The molecular formula is C14H10Br2FNO. The number of nitrogens with one attached hydrogen (secondary N) is 1. The van der Waals surface area contributed by atoms with Crippen molar-refractivity contribution in [2.75, 3.05) is 5.32 Å². The molecule has 0 aliphatic heterocycles. The molecule has 0 saturated carbocycles. The Morgan fingerprint density at radius 3 is 2.53 bits per heavy atom. The summed E-state index contributed by atoms with van der Waals surface area (Å²) in [6, 6.07) is 9.58. The van der Waals surface area contributed by atoms with Crippen molar-refractivity contribution in [3.63, 3.8) is 0 Å². The van der Waals surface area contributed by atoms with E-state index in [-0.39, 0.29) is 11.5 Å². The van der Waals surface area contributed by atoms with Crippen LogP contribution in [0.15, 0.2) is 45.3 Å². The predicted octanol–water partition coefficient (Wildman–Crippen LogP) is 4.91. The summed E-state index contributed by atoms with van der Waals surface area (Å²) in [6.45, 7) is 1.96. The SMILES string of the molecule is Cc1ccc(NC(=O)c2cc(F)ccc2Br)c(Br)c1. The van der Waals surface area contributed by atoms with Crippen molar-refractivity contribution in [1.29, 1.82) is 0 Å². The van der Waals surface area contributed by atoms with E-state index in [1.54, 1.807) is 6.07 Å². The third kappa shape index (κ3) is 3.42. The van der Waals surface area contributed by atoms with Crippen molar-refractivity contribution in [2.24, 2.45) is 0 Å². The standard InChI is InChI=1S/C14H10Br2FNO/c1-8-2-5-13(12(16)6-8)18-14(19)10-7-9(17)3-4-11(10)15/h2-7H,1H3,(H,18,19). The number of hydrogen-bond acceptors (Lipinski definition) is 1. The smallest absolute Gasteiger partial charge is 0.256 e. The molecular weight excluding hydrogens is 377 g/mol. The predicted molar refractivity (Wildman–Crippen MR) is 80.9 cm³/mol. The third-order valence-electron chi connectivity index (χ3n) is 2.55. The molecule has 0 unspecified atom stereocenters. The second kappa shape index (κ2) is 5.84. The quantitative estimate of drug-likeness (QED) is 0.780. The zero-order valence-corrected chi connectivity index (χ0v) is 13.2. The maximum absolute atomic E-state index is 13.2. The van der Waals surface area contributed by atoms with Crippen molar-refractivity contribution in [3.05, 3.63) is 62.3 Å². The van der Waals surface area contributed by atoms with Gasteiger partial charge in [-0.3, -0.25) is 4.79 Å². The molecule has 2 rings (SSSR count). The summed E-state index contributed by atoms with van der Waals surface area (Å²) in [6.07, 6.45) is 0. The van der Waals surface area contributed by atoms with E-state index in [9.17, 15) is 9.18 Å². The van der Waals surface area contributed by atoms with E-state index in [4.69, 9.17) is 0 Å². The Bertz CT molecular complexity index is 643. The molecule has 0 aliphatic rings. The van der Waals surface area contributed by atoms with Crippen LogP contribution in [0.25, 0.3) is 0 Å². The zero-order valence-electron chi connectivity index (χ0n) is 10.0. The first kappa shape index (κ1) is 14.2. The second-order valence-electron chi connectivity index (χ2n) is 4.06. The number of rotatable bonds is 2. The molecule has 0 heterocycles. The molecule has 1 N–H and O–H groups in total. The molecule has 0 radical (unpaired) electrons. The first-order chi connectivity index (χ1) is 8.97. The normalized spacial score (nSPS) is 10.3. The minimum absolute atomic E-state index is 0.257. The van der Waals surface area contributed by atoms with E-state index >= 15 is 0 Å². The average Bonchev–Trinajstić information content (AvgIpc) is 2.35. The van der Waals surface area contributed by atoms with E-state index in [0.29, 0.717) is 10.2 Å². The van der Waals surface area contributed by atoms with Crippen molar-refractivity contribution < 1.29 is 9.18 Å². The van der Waals surface area contributed by atoms with Gasteiger partial charge in [0.15, 0.2) is 0 Å². The summed E-state index contributed by atoms with van der Waals surface area (Å²) in [4.78, 5) is 12.1. The third-order valence-corrected chi connectivity index (χ3v) is 3.89. The average molecular weight is 387 g/mol. The van der Waals surface area contributed by atoms with Crippen LogP contribution in [-0.2, 0) is 0 Å². The Hall–Kier alpha value is -1.20. The Kier molecular flexibility index (Phi) is 4.37. The van der Waals surface area contributed by atoms with Gasteiger partial charge in [-0.1, -0.05) is 6.07 Å². The van der Waals surface area contributed by atoms with Gasteiger partial charge >= 0.3 is 0 Å². The number of halogens is 3. The summed E-state index contributed by atoms with van der Waals surface area (Å²) in [5.74, 6) is -0.813. The van der Waals surface area contributed by atoms with Crippen LogP contribution >= 0.6 is 31.9 Å². The van der Waals surface area contributed by atoms with E-state index in [0.717, 1.165) is 10.0 Å². The minimum atomic E-state index is -0.448. The lowest BCUT2D eigenvalue weighted by Crippen LogP contribution is -2.13. The topological polar surface area (TPSA) is 29.1 Å². The zero-order chi connectivity index (χ0) is 14.0. The summed E-state index contributed by atoms with van der Waals surface area (Å²) in [5, 5.41) is 2.74. The van der Waals surface area contributed by atoms with Crippen molar-refractivity contribution in [1.82, 2.24) is 0 Å². The Morgan fingerprint density at radius 1 is 1.11 bits per heavy atom. The second-order valence-corrected chi connectivity index (χ2v) is 5.77. The van der Waals surface area contributed by atoms with Crippen molar-refractivity contribution >= 4 is 43.5 Å². The van der Waals surface area contributed by atoms with Crippen LogP contribution in [0.1, 0.15) is 15.9 Å². The number of carbonyl (C=O) groups excluding carboxylic acids is 1. The molecule has 0 bridgehead atoms. The van der Waals surface area contributed by atoms with Gasteiger partial charge in [-0.25, -0.2) is 4.39 Å². The molecule has 0 spiro atoms. The van der Waals surface area contributed by atoms with Gasteiger partial charge in [0.2, 0.25) is 0 Å². The maximum atomic E-state index is 13.2. The Balaban J connectivity index is 2.28. The van der Waals surface area contributed by atoms with Gasteiger partial charge in [0.25, 0.3) is 5.91 Å². The molecule has 0 aliphatic carbocycles. The molecule has 0 atom stereocenters. The molecule has 0 saturated heterocycles. The molecule has 19 heavy (non-hydrogen) atoms. The molecule has 0 aromatic heterocycles. The number of benzene rings is 2. The van der Waals surface area contributed by atoms with E-state index in [1.165, 1.54) is 18.2 Å². The molecule has 1 amide bonds. The molecule has 5 heteroatoms. The highest BCUT2D eigenvalue weighted by Gasteiger charge is 2.12. The monoisotopic (exact) mass is 385 g/mol. The Morgan fingerprint density at radius 2 is 1.84 bits per heavy atom.